The van der Waals surface area contributed by atoms with Crippen LogP contribution in [0.2, 0.25) is 0 Å². The molecule has 3 fully saturated rings. The van der Waals surface area contributed by atoms with Gasteiger partial charge >= 0.3 is 0 Å². The quantitative estimate of drug-likeness (QED) is 0.737. The van der Waals surface area contributed by atoms with Crippen LogP contribution >= 0.6 is 0 Å². The maximum absolute atomic E-state index is 6.28. The third-order valence-corrected chi connectivity index (χ3v) is 6.21. The van der Waals surface area contributed by atoms with Gasteiger partial charge in [0, 0.05) is 36.8 Å². The lowest BCUT2D eigenvalue weighted by Crippen LogP contribution is -2.58. The number of hydrogen-bond donors (Lipinski definition) is 3. The molecule has 0 aromatic carbocycles. The Hall–Kier alpha value is -0.160. The standard InChI is InChI=1S/C17H34N4/c1-17(8-10-19-11-9-17)21-12-6-14(7-13-21)20-16-5-3-2-4-15(16)18/h14-16,19-20H,2-13,18H2,1H3/t15-,16-/m0/s1. The lowest BCUT2D eigenvalue weighted by molar-refractivity contribution is 0.0427. The van der Waals surface area contributed by atoms with Crippen LogP contribution in [0.4, 0.5) is 0 Å². The molecule has 0 spiro atoms. The molecule has 0 aromatic rings. The molecule has 0 amide bonds. The van der Waals surface area contributed by atoms with E-state index in [9.17, 15) is 0 Å². The summed E-state index contributed by atoms with van der Waals surface area (Å²) in [5.41, 5.74) is 6.72. The summed E-state index contributed by atoms with van der Waals surface area (Å²) in [6.07, 6.45) is 10.4. The van der Waals surface area contributed by atoms with E-state index in [0.29, 0.717) is 23.7 Å². The third kappa shape index (κ3) is 3.79. The van der Waals surface area contributed by atoms with Crippen LogP contribution in [0.5, 0.6) is 0 Å². The van der Waals surface area contributed by atoms with Gasteiger partial charge in [0.15, 0.2) is 0 Å². The van der Waals surface area contributed by atoms with Gasteiger partial charge in [-0.25, -0.2) is 0 Å². The van der Waals surface area contributed by atoms with Crippen molar-refractivity contribution in [3.05, 3.63) is 0 Å². The van der Waals surface area contributed by atoms with Gasteiger partial charge in [-0.05, 0) is 58.5 Å². The minimum Gasteiger partial charge on any atom is -0.326 e. The van der Waals surface area contributed by atoms with E-state index in [1.165, 1.54) is 77.5 Å². The molecule has 0 unspecified atom stereocenters. The highest BCUT2D eigenvalue weighted by atomic mass is 15.2. The molecule has 0 aromatic heterocycles. The van der Waals surface area contributed by atoms with Crippen molar-refractivity contribution in [1.82, 2.24) is 15.5 Å². The van der Waals surface area contributed by atoms with Gasteiger partial charge in [-0.3, -0.25) is 4.90 Å². The van der Waals surface area contributed by atoms with Gasteiger partial charge < -0.3 is 16.4 Å². The van der Waals surface area contributed by atoms with Crippen LogP contribution in [0.15, 0.2) is 0 Å². The lowest BCUT2D eigenvalue weighted by Gasteiger charge is -2.48. The maximum atomic E-state index is 6.28. The minimum atomic E-state index is 0.388. The van der Waals surface area contributed by atoms with Crippen molar-refractivity contribution < 1.29 is 0 Å². The zero-order valence-electron chi connectivity index (χ0n) is 13.7. The molecule has 2 aliphatic heterocycles. The summed E-state index contributed by atoms with van der Waals surface area (Å²) < 4.78 is 0. The van der Waals surface area contributed by atoms with Gasteiger partial charge in [-0.1, -0.05) is 12.8 Å². The first-order chi connectivity index (χ1) is 10.2. The topological polar surface area (TPSA) is 53.3 Å². The predicted octanol–water partition coefficient (Wildman–Crippen LogP) is 1.45. The zero-order chi connectivity index (χ0) is 14.7. The second-order valence-electron chi connectivity index (χ2n) is 7.73. The number of piperidine rings is 2. The highest BCUT2D eigenvalue weighted by molar-refractivity contribution is 4.95. The maximum Gasteiger partial charge on any atom is 0.0221 e. The molecule has 21 heavy (non-hydrogen) atoms. The second-order valence-corrected chi connectivity index (χ2v) is 7.73. The largest absolute Gasteiger partial charge is 0.326 e. The van der Waals surface area contributed by atoms with Crippen LogP contribution in [0, 0.1) is 0 Å². The normalized spacial score (nSPS) is 35.7. The van der Waals surface area contributed by atoms with E-state index in [-0.39, 0.29) is 0 Å². The Morgan fingerprint density at radius 2 is 1.71 bits per heavy atom. The molecule has 3 aliphatic rings. The van der Waals surface area contributed by atoms with Gasteiger partial charge in [0.25, 0.3) is 0 Å². The minimum absolute atomic E-state index is 0.388. The SMILES string of the molecule is CC1(N2CCC(N[C@H]3CCCC[C@@H]3N)CC2)CCNCC1. The van der Waals surface area contributed by atoms with Gasteiger partial charge in [0.05, 0.1) is 0 Å². The van der Waals surface area contributed by atoms with Crippen LogP contribution < -0.4 is 16.4 Å². The molecule has 3 rings (SSSR count). The van der Waals surface area contributed by atoms with Crippen molar-refractivity contribution in [3.8, 4) is 0 Å². The van der Waals surface area contributed by atoms with Crippen LogP contribution in [0.3, 0.4) is 0 Å². The smallest absolute Gasteiger partial charge is 0.0221 e. The van der Waals surface area contributed by atoms with E-state index >= 15 is 0 Å². The van der Waals surface area contributed by atoms with Crippen molar-refractivity contribution in [3.63, 3.8) is 0 Å². The number of nitrogens with one attached hydrogen (secondary N) is 2. The third-order valence-electron chi connectivity index (χ3n) is 6.21. The molecular formula is C17H34N4. The predicted molar refractivity (Wildman–Crippen MR) is 88.5 cm³/mol. The summed E-state index contributed by atoms with van der Waals surface area (Å²) in [6, 6.07) is 1.66. The summed E-state index contributed by atoms with van der Waals surface area (Å²) >= 11 is 0. The Bertz CT molecular complexity index is 319. The molecular weight excluding hydrogens is 260 g/mol. The Kier molecular flexibility index (Phi) is 5.20. The van der Waals surface area contributed by atoms with Gasteiger partial charge in [-0.2, -0.15) is 0 Å². The average Bonchev–Trinajstić information content (AvgIpc) is 2.51. The van der Waals surface area contributed by atoms with Crippen molar-refractivity contribution in [2.45, 2.75) is 82.0 Å². The zero-order valence-corrected chi connectivity index (χ0v) is 13.7. The van der Waals surface area contributed by atoms with Gasteiger partial charge in [0.1, 0.15) is 0 Å². The van der Waals surface area contributed by atoms with Crippen molar-refractivity contribution in [1.29, 1.82) is 0 Å². The van der Waals surface area contributed by atoms with E-state index in [2.05, 4.69) is 22.5 Å². The van der Waals surface area contributed by atoms with E-state index in [1.807, 2.05) is 0 Å². The average molecular weight is 294 g/mol. The molecule has 4 heteroatoms. The molecule has 2 heterocycles. The Morgan fingerprint density at radius 1 is 1.05 bits per heavy atom. The number of nitrogens with two attached hydrogens (primary N) is 1. The highest BCUT2D eigenvalue weighted by Crippen LogP contribution is 2.29. The summed E-state index contributed by atoms with van der Waals surface area (Å²) in [4.78, 5) is 2.76. The number of nitrogens with zero attached hydrogens (tertiary/aromatic N) is 1. The van der Waals surface area contributed by atoms with Crippen LogP contribution in [0.25, 0.3) is 0 Å². The molecule has 1 aliphatic carbocycles. The molecule has 122 valence electrons. The Morgan fingerprint density at radius 3 is 2.38 bits per heavy atom. The fraction of sp³-hybridized carbons (Fsp3) is 1.00. The van der Waals surface area contributed by atoms with E-state index in [1.54, 1.807) is 0 Å². The molecule has 2 atom stereocenters. The van der Waals surface area contributed by atoms with E-state index in [4.69, 9.17) is 5.73 Å². The summed E-state index contributed by atoms with van der Waals surface area (Å²) in [5.74, 6) is 0. The van der Waals surface area contributed by atoms with Crippen LogP contribution in [-0.2, 0) is 0 Å². The second kappa shape index (κ2) is 6.95. The molecule has 0 radical (unpaired) electrons. The number of rotatable bonds is 3. The first-order valence-electron chi connectivity index (χ1n) is 9.15. The summed E-state index contributed by atoms with van der Waals surface area (Å²) in [5, 5.41) is 7.37. The highest BCUT2D eigenvalue weighted by Gasteiger charge is 2.36. The van der Waals surface area contributed by atoms with Crippen molar-refractivity contribution in [2.75, 3.05) is 26.2 Å². The lowest BCUT2D eigenvalue weighted by atomic mass is 9.85. The molecule has 4 nitrogen and oxygen atoms in total. The molecule has 4 N–H and O–H groups in total. The Balaban J connectivity index is 1.46. The van der Waals surface area contributed by atoms with Crippen LogP contribution in [-0.4, -0.2) is 54.7 Å². The fourth-order valence-electron chi connectivity index (χ4n) is 4.54. The summed E-state index contributed by atoms with van der Waals surface area (Å²) in [6.45, 7) is 7.36. The first-order valence-corrected chi connectivity index (χ1v) is 9.15. The fourth-order valence-corrected chi connectivity index (χ4v) is 4.54. The summed E-state index contributed by atoms with van der Waals surface area (Å²) in [7, 11) is 0. The van der Waals surface area contributed by atoms with Crippen molar-refractivity contribution >= 4 is 0 Å². The number of likely N-dealkylation sites (tertiary alicyclic amines) is 1. The Labute approximate surface area is 130 Å². The monoisotopic (exact) mass is 294 g/mol. The van der Waals surface area contributed by atoms with Gasteiger partial charge in [-0.15, -0.1) is 0 Å². The van der Waals surface area contributed by atoms with E-state index in [0.717, 1.165) is 0 Å². The molecule has 0 bridgehead atoms. The van der Waals surface area contributed by atoms with Gasteiger partial charge in [0.2, 0.25) is 0 Å². The number of hydrogen-bond acceptors (Lipinski definition) is 4. The molecule has 1 saturated carbocycles. The van der Waals surface area contributed by atoms with Crippen molar-refractivity contribution in [2.24, 2.45) is 5.73 Å². The van der Waals surface area contributed by atoms with Crippen LogP contribution in [0.1, 0.15) is 58.3 Å². The first kappa shape index (κ1) is 15.7. The van der Waals surface area contributed by atoms with E-state index < -0.39 is 0 Å². The molecule has 2 saturated heterocycles.